The lowest BCUT2D eigenvalue weighted by Gasteiger charge is -2.26. The van der Waals surface area contributed by atoms with Gasteiger partial charge in [0.1, 0.15) is 5.01 Å². The molecular formula is C21H28N4O2S. The third-order valence-corrected chi connectivity index (χ3v) is 6.23. The molecule has 1 aromatic carbocycles. The lowest BCUT2D eigenvalue weighted by atomic mass is 10.1. The van der Waals surface area contributed by atoms with E-state index in [0.717, 1.165) is 81.7 Å². The summed E-state index contributed by atoms with van der Waals surface area (Å²) in [7, 11) is 0. The molecule has 0 atom stereocenters. The van der Waals surface area contributed by atoms with Gasteiger partial charge in [-0.05, 0) is 18.5 Å². The molecule has 0 radical (unpaired) electrons. The summed E-state index contributed by atoms with van der Waals surface area (Å²) >= 11 is 1.62. The van der Waals surface area contributed by atoms with E-state index in [9.17, 15) is 4.79 Å². The highest BCUT2D eigenvalue weighted by Gasteiger charge is 2.17. The second kappa shape index (κ2) is 9.60. The monoisotopic (exact) mass is 400 g/mol. The maximum atomic E-state index is 12.5. The van der Waals surface area contributed by atoms with Gasteiger partial charge in [0.05, 0.1) is 25.3 Å². The van der Waals surface area contributed by atoms with Gasteiger partial charge >= 0.3 is 0 Å². The Morgan fingerprint density at radius 2 is 1.93 bits per heavy atom. The summed E-state index contributed by atoms with van der Waals surface area (Å²) in [5.74, 6) is 0.182. The first-order valence-corrected chi connectivity index (χ1v) is 11.0. The summed E-state index contributed by atoms with van der Waals surface area (Å²) in [6, 6.07) is 8.64. The van der Waals surface area contributed by atoms with Gasteiger partial charge in [0.25, 0.3) is 0 Å². The van der Waals surface area contributed by atoms with E-state index in [-0.39, 0.29) is 5.91 Å². The molecule has 1 aromatic heterocycles. The lowest BCUT2D eigenvalue weighted by Crippen LogP contribution is -2.35. The smallest absolute Gasteiger partial charge is 0.228 e. The predicted molar refractivity (Wildman–Crippen MR) is 111 cm³/mol. The quantitative estimate of drug-likeness (QED) is 0.832. The molecule has 0 unspecified atom stereocenters. The first-order chi connectivity index (χ1) is 13.8. The molecule has 1 N–H and O–H groups in total. The Kier molecular flexibility index (Phi) is 6.69. The van der Waals surface area contributed by atoms with Crippen LogP contribution in [0, 0.1) is 0 Å². The molecular weight excluding hydrogens is 372 g/mol. The number of carbonyl (C=O) groups excluding carboxylic acids is 1. The maximum Gasteiger partial charge on any atom is 0.228 e. The number of benzene rings is 1. The number of thiazole rings is 1. The minimum absolute atomic E-state index is 0.182. The van der Waals surface area contributed by atoms with Crippen LogP contribution in [0.1, 0.15) is 17.7 Å². The standard InChI is InChI=1S/C21H28N4O2S/c26-20(25-8-1-6-22-7-9-25)14-19-16-28-21(23-19)18-4-2-17(3-5-18)15-24-10-12-27-13-11-24/h2-5,16,22H,1,6-15H2. The van der Waals surface area contributed by atoms with Gasteiger partial charge in [-0.15, -0.1) is 11.3 Å². The normalized spacial score (nSPS) is 18.8. The van der Waals surface area contributed by atoms with Gasteiger partial charge in [0.15, 0.2) is 0 Å². The SMILES string of the molecule is O=C(Cc1csc(-c2ccc(CN3CCOCC3)cc2)n1)N1CCCNCC1. The topological polar surface area (TPSA) is 57.7 Å². The number of nitrogens with one attached hydrogen (secondary N) is 1. The number of nitrogens with zero attached hydrogens (tertiary/aromatic N) is 3. The number of hydrogen-bond acceptors (Lipinski definition) is 6. The number of aromatic nitrogens is 1. The number of carbonyl (C=O) groups is 1. The van der Waals surface area contributed by atoms with Crippen molar-refractivity contribution in [1.82, 2.24) is 20.1 Å². The van der Waals surface area contributed by atoms with E-state index < -0.39 is 0 Å². The molecule has 0 aliphatic carbocycles. The molecule has 0 spiro atoms. The summed E-state index contributed by atoms with van der Waals surface area (Å²) in [6.45, 7) is 8.12. The molecule has 0 bridgehead atoms. The van der Waals surface area contributed by atoms with Crippen LogP contribution >= 0.6 is 11.3 Å². The van der Waals surface area contributed by atoms with Gasteiger partial charge in [-0.3, -0.25) is 9.69 Å². The number of rotatable bonds is 5. The van der Waals surface area contributed by atoms with Gasteiger partial charge in [-0.2, -0.15) is 0 Å². The van der Waals surface area contributed by atoms with Crippen LogP contribution in [0.4, 0.5) is 0 Å². The van der Waals surface area contributed by atoms with E-state index in [2.05, 4.69) is 34.5 Å². The number of hydrogen-bond donors (Lipinski definition) is 1. The van der Waals surface area contributed by atoms with Crippen LogP contribution in [0.3, 0.4) is 0 Å². The molecule has 2 aliphatic heterocycles. The number of morpholine rings is 1. The van der Waals surface area contributed by atoms with Crippen molar-refractivity contribution < 1.29 is 9.53 Å². The zero-order valence-corrected chi connectivity index (χ0v) is 17.0. The van der Waals surface area contributed by atoms with Crippen LogP contribution in [0.15, 0.2) is 29.6 Å². The molecule has 150 valence electrons. The summed E-state index contributed by atoms with van der Waals surface area (Å²) in [4.78, 5) is 21.6. The second-order valence-corrected chi connectivity index (χ2v) is 8.25. The first-order valence-electron chi connectivity index (χ1n) is 10.1. The summed E-state index contributed by atoms with van der Waals surface area (Å²) in [6.07, 6.45) is 1.41. The van der Waals surface area contributed by atoms with Crippen LogP contribution in [0.5, 0.6) is 0 Å². The van der Waals surface area contributed by atoms with E-state index >= 15 is 0 Å². The Balaban J connectivity index is 1.34. The Bertz CT molecular complexity index is 763. The van der Waals surface area contributed by atoms with E-state index in [4.69, 9.17) is 9.72 Å². The molecule has 6 nitrogen and oxygen atoms in total. The Labute approximate surface area is 170 Å². The van der Waals surface area contributed by atoms with Crippen LogP contribution in [0.2, 0.25) is 0 Å². The molecule has 1 amide bonds. The predicted octanol–water partition coefficient (Wildman–Crippen LogP) is 2.01. The largest absolute Gasteiger partial charge is 0.379 e. The van der Waals surface area contributed by atoms with Gasteiger partial charge < -0.3 is 15.0 Å². The Morgan fingerprint density at radius 3 is 2.75 bits per heavy atom. The average Bonchev–Trinajstić information content (AvgIpc) is 3.01. The van der Waals surface area contributed by atoms with Crippen molar-refractivity contribution in [3.05, 3.63) is 40.9 Å². The zero-order valence-electron chi connectivity index (χ0n) is 16.2. The fourth-order valence-electron chi connectivity index (χ4n) is 3.65. The van der Waals surface area contributed by atoms with Crippen molar-refractivity contribution in [2.24, 2.45) is 0 Å². The lowest BCUT2D eigenvalue weighted by molar-refractivity contribution is -0.130. The van der Waals surface area contributed by atoms with E-state index in [0.29, 0.717) is 6.42 Å². The van der Waals surface area contributed by atoms with Crippen molar-refractivity contribution in [3.63, 3.8) is 0 Å². The van der Waals surface area contributed by atoms with Gasteiger partial charge in [0.2, 0.25) is 5.91 Å². The molecule has 3 heterocycles. The van der Waals surface area contributed by atoms with Crippen molar-refractivity contribution in [1.29, 1.82) is 0 Å². The average molecular weight is 401 g/mol. The number of ether oxygens (including phenoxy) is 1. The van der Waals surface area contributed by atoms with Crippen LogP contribution in [0.25, 0.3) is 10.6 Å². The highest BCUT2D eigenvalue weighted by atomic mass is 32.1. The highest BCUT2D eigenvalue weighted by molar-refractivity contribution is 7.13. The van der Waals surface area contributed by atoms with Gasteiger partial charge in [-0.1, -0.05) is 24.3 Å². The van der Waals surface area contributed by atoms with Gasteiger partial charge in [-0.25, -0.2) is 4.98 Å². The minimum atomic E-state index is 0.182. The molecule has 0 saturated carbocycles. The van der Waals surface area contributed by atoms with Crippen molar-refractivity contribution >= 4 is 17.2 Å². The van der Waals surface area contributed by atoms with E-state index in [1.807, 2.05) is 10.3 Å². The summed E-state index contributed by atoms with van der Waals surface area (Å²) < 4.78 is 5.41. The van der Waals surface area contributed by atoms with E-state index in [1.54, 1.807) is 11.3 Å². The molecule has 2 aliphatic rings. The fourth-order valence-corrected chi connectivity index (χ4v) is 4.48. The molecule has 28 heavy (non-hydrogen) atoms. The summed E-state index contributed by atoms with van der Waals surface area (Å²) in [5, 5.41) is 6.34. The second-order valence-electron chi connectivity index (χ2n) is 7.39. The van der Waals surface area contributed by atoms with Crippen LogP contribution in [-0.2, 0) is 22.5 Å². The third kappa shape index (κ3) is 5.17. The zero-order chi connectivity index (χ0) is 19.2. The molecule has 7 heteroatoms. The first kappa shape index (κ1) is 19.5. The fraction of sp³-hybridized carbons (Fsp3) is 0.524. The Hall–Kier alpha value is -1.80. The Morgan fingerprint density at radius 1 is 1.11 bits per heavy atom. The van der Waals surface area contributed by atoms with Crippen LogP contribution in [-0.4, -0.2) is 73.2 Å². The molecule has 2 saturated heterocycles. The summed E-state index contributed by atoms with van der Waals surface area (Å²) in [5.41, 5.74) is 3.31. The minimum Gasteiger partial charge on any atom is -0.379 e. The van der Waals surface area contributed by atoms with Gasteiger partial charge in [0, 0.05) is 50.2 Å². The number of amides is 1. The van der Waals surface area contributed by atoms with E-state index in [1.165, 1.54) is 5.56 Å². The third-order valence-electron chi connectivity index (χ3n) is 5.29. The van der Waals surface area contributed by atoms with Crippen molar-refractivity contribution in [2.45, 2.75) is 19.4 Å². The van der Waals surface area contributed by atoms with Crippen molar-refractivity contribution in [2.75, 3.05) is 52.5 Å². The molecule has 4 rings (SSSR count). The highest BCUT2D eigenvalue weighted by Crippen LogP contribution is 2.25. The van der Waals surface area contributed by atoms with Crippen LogP contribution < -0.4 is 5.32 Å². The van der Waals surface area contributed by atoms with Crippen molar-refractivity contribution in [3.8, 4) is 10.6 Å². The maximum absolute atomic E-state index is 12.5. The molecule has 2 aromatic rings. The molecule has 2 fully saturated rings.